The van der Waals surface area contributed by atoms with Gasteiger partial charge < -0.3 is 5.73 Å². The van der Waals surface area contributed by atoms with Crippen molar-refractivity contribution in [1.29, 1.82) is 0 Å². The Morgan fingerprint density at radius 2 is 1.73 bits per heavy atom. The van der Waals surface area contributed by atoms with Gasteiger partial charge in [0.15, 0.2) is 0 Å². The van der Waals surface area contributed by atoms with Crippen molar-refractivity contribution >= 4 is 22.0 Å². The summed E-state index contributed by atoms with van der Waals surface area (Å²) in [5.41, 5.74) is 12.2. The molecule has 1 atom stereocenters. The molecule has 4 rings (SSSR count). The number of hydrogen-bond donors (Lipinski definition) is 1. The van der Waals surface area contributed by atoms with Gasteiger partial charge in [-0.15, -0.1) is 0 Å². The van der Waals surface area contributed by atoms with Gasteiger partial charge in [-0.2, -0.15) is 0 Å². The van der Waals surface area contributed by atoms with Crippen molar-refractivity contribution in [2.24, 2.45) is 0 Å². The Balaban J connectivity index is 1.97. The average molecular weight is 285 g/mol. The standard InChI is InChI=1S/C21H19N/c1-14-9-11-21(19-7-3-2-6-17(14)19)20-8-4-5-15-13-16(22)10-12-18(15)20/h2-8,10-14H,9,22H2,1H3. The van der Waals surface area contributed by atoms with Gasteiger partial charge in [-0.1, -0.05) is 61.5 Å². The van der Waals surface area contributed by atoms with Gasteiger partial charge in [0, 0.05) is 5.69 Å². The monoisotopic (exact) mass is 285 g/mol. The first-order valence-corrected chi connectivity index (χ1v) is 7.82. The lowest BCUT2D eigenvalue weighted by Gasteiger charge is -2.24. The molecule has 3 aromatic rings. The summed E-state index contributed by atoms with van der Waals surface area (Å²) in [4.78, 5) is 0. The van der Waals surface area contributed by atoms with Gasteiger partial charge in [0.05, 0.1) is 0 Å². The molecule has 2 N–H and O–H groups in total. The first-order valence-electron chi connectivity index (χ1n) is 7.82. The Labute approximate surface area is 131 Å². The average Bonchev–Trinajstić information content (AvgIpc) is 2.55. The summed E-state index contributed by atoms with van der Waals surface area (Å²) < 4.78 is 0. The third kappa shape index (κ3) is 2.01. The van der Waals surface area contributed by atoms with Gasteiger partial charge >= 0.3 is 0 Å². The number of nitrogen functional groups attached to an aromatic ring is 1. The first kappa shape index (κ1) is 13.1. The Kier molecular flexibility index (Phi) is 3.00. The summed E-state index contributed by atoms with van der Waals surface area (Å²) in [5.74, 6) is 0.588. The fourth-order valence-corrected chi connectivity index (χ4v) is 3.50. The second-order valence-corrected chi connectivity index (χ2v) is 6.13. The number of hydrogen-bond acceptors (Lipinski definition) is 1. The maximum absolute atomic E-state index is 5.93. The van der Waals surface area contributed by atoms with Crippen LogP contribution in [0.5, 0.6) is 0 Å². The molecule has 0 heterocycles. The molecule has 0 aromatic heterocycles. The van der Waals surface area contributed by atoms with Crippen LogP contribution >= 0.6 is 0 Å². The number of benzene rings is 3. The Morgan fingerprint density at radius 1 is 0.909 bits per heavy atom. The predicted molar refractivity (Wildman–Crippen MR) is 94.9 cm³/mol. The zero-order valence-corrected chi connectivity index (χ0v) is 12.7. The van der Waals surface area contributed by atoms with Gasteiger partial charge in [-0.25, -0.2) is 0 Å². The van der Waals surface area contributed by atoms with Crippen LogP contribution in [0.2, 0.25) is 0 Å². The van der Waals surface area contributed by atoms with E-state index in [9.17, 15) is 0 Å². The number of allylic oxidation sites excluding steroid dienone is 1. The summed E-state index contributed by atoms with van der Waals surface area (Å²) in [6.45, 7) is 2.30. The highest BCUT2D eigenvalue weighted by atomic mass is 14.5. The molecule has 108 valence electrons. The summed E-state index contributed by atoms with van der Waals surface area (Å²) >= 11 is 0. The molecule has 1 aliphatic carbocycles. The molecule has 0 amide bonds. The molecule has 22 heavy (non-hydrogen) atoms. The summed E-state index contributed by atoms with van der Waals surface area (Å²) in [6.07, 6.45) is 3.48. The third-order valence-electron chi connectivity index (χ3n) is 4.65. The summed E-state index contributed by atoms with van der Waals surface area (Å²) in [7, 11) is 0. The Bertz CT molecular complexity index is 889. The van der Waals surface area contributed by atoms with Gasteiger partial charge in [0.1, 0.15) is 0 Å². The van der Waals surface area contributed by atoms with E-state index in [0.717, 1.165) is 12.1 Å². The highest BCUT2D eigenvalue weighted by Gasteiger charge is 2.19. The highest BCUT2D eigenvalue weighted by Crippen LogP contribution is 2.39. The molecule has 0 radical (unpaired) electrons. The van der Waals surface area contributed by atoms with Gasteiger partial charge in [0.2, 0.25) is 0 Å². The van der Waals surface area contributed by atoms with Crippen LogP contribution in [0.3, 0.4) is 0 Å². The molecule has 0 aliphatic heterocycles. The molecule has 0 bridgehead atoms. The van der Waals surface area contributed by atoms with Gasteiger partial charge in [-0.05, 0) is 57.5 Å². The molecular weight excluding hydrogens is 266 g/mol. The van der Waals surface area contributed by atoms with Crippen LogP contribution in [0.1, 0.15) is 36.0 Å². The van der Waals surface area contributed by atoms with E-state index in [1.54, 1.807) is 0 Å². The molecule has 0 spiro atoms. The second-order valence-electron chi connectivity index (χ2n) is 6.13. The maximum Gasteiger partial charge on any atom is 0.0320 e. The van der Waals surface area contributed by atoms with Crippen LogP contribution < -0.4 is 5.73 Å². The zero-order chi connectivity index (χ0) is 15.1. The molecule has 0 saturated carbocycles. The molecule has 3 aromatic carbocycles. The third-order valence-corrected chi connectivity index (χ3v) is 4.65. The van der Waals surface area contributed by atoms with Crippen LogP contribution in [0.15, 0.2) is 66.7 Å². The van der Waals surface area contributed by atoms with Gasteiger partial charge in [0.25, 0.3) is 0 Å². The van der Waals surface area contributed by atoms with Crippen molar-refractivity contribution in [3.8, 4) is 0 Å². The second kappa shape index (κ2) is 5.03. The minimum atomic E-state index is 0.588. The molecule has 1 heteroatoms. The highest BCUT2D eigenvalue weighted by molar-refractivity contribution is 5.99. The van der Waals surface area contributed by atoms with Crippen LogP contribution in [-0.2, 0) is 0 Å². The lowest BCUT2D eigenvalue weighted by molar-refractivity contribution is 0.768. The Morgan fingerprint density at radius 3 is 2.64 bits per heavy atom. The van der Waals surface area contributed by atoms with Crippen LogP contribution in [0.4, 0.5) is 5.69 Å². The quantitative estimate of drug-likeness (QED) is 0.598. The number of rotatable bonds is 1. The number of nitrogens with two attached hydrogens (primary N) is 1. The first-order chi connectivity index (χ1) is 10.7. The van der Waals surface area contributed by atoms with E-state index in [-0.39, 0.29) is 0 Å². The normalized spacial score (nSPS) is 17.1. The topological polar surface area (TPSA) is 26.0 Å². The number of fused-ring (bicyclic) bond motifs is 2. The van der Waals surface area contributed by atoms with Crippen molar-refractivity contribution in [1.82, 2.24) is 0 Å². The SMILES string of the molecule is CC1CC=C(c2cccc3cc(N)ccc23)c2ccccc21. The smallest absolute Gasteiger partial charge is 0.0320 e. The van der Waals surface area contributed by atoms with Crippen LogP contribution in [-0.4, -0.2) is 0 Å². The van der Waals surface area contributed by atoms with E-state index in [4.69, 9.17) is 5.73 Å². The molecule has 1 aliphatic rings. The van der Waals surface area contributed by atoms with E-state index in [1.807, 2.05) is 6.07 Å². The fraction of sp³-hybridized carbons (Fsp3) is 0.143. The fourth-order valence-electron chi connectivity index (χ4n) is 3.50. The molecule has 0 fully saturated rings. The molecule has 0 saturated heterocycles. The Hall–Kier alpha value is -2.54. The van der Waals surface area contributed by atoms with Crippen molar-refractivity contribution in [3.05, 3.63) is 83.4 Å². The van der Waals surface area contributed by atoms with E-state index in [0.29, 0.717) is 5.92 Å². The van der Waals surface area contributed by atoms with Gasteiger partial charge in [-0.3, -0.25) is 0 Å². The van der Waals surface area contributed by atoms with Crippen LogP contribution in [0.25, 0.3) is 16.3 Å². The van der Waals surface area contributed by atoms with E-state index >= 15 is 0 Å². The van der Waals surface area contributed by atoms with E-state index < -0.39 is 0 Å². The van der Waals surface area contributed by atoms with Crippen molar-refractivity contribution < 1.29 is 0 Å². The predicted octanol–water partition coefficient (Wildman–Crippen LogP) is 5.36. The van der Waals surface area contributed by atoms with Crippen molar-refractivity contribution in [2.45, 2.75) is 19.3 Å². The lowest BCUT2D eigenvalue weighted by Crippen LogP contribution is -2.05. The molecule has 1 unspecified atom stereocenters. The van der Waals surface area contributed by atoms with E-state index in [1.165, 1.54) is 33.0 Å². The van der Waals surface area contributed by atoms with Crippen molar-refractivity contribution in [3.63, 3.8) is 0 Å². The molecule has 1 nitrogen and oxygen atoms in total. The van der Waals surface area contributed by atoms with Crippen LogP contribution in [0, 0.1) is 0 Å². The largest absolute Gasteiger partial charge is 0.399 e. The lowest BCUT2D eigenvalue weighted by atomic mass is 9.80. The zero-order valence-electron chi connectivity index (χ0n) is 12.7. The summed E-state index contributed by atoms with van der Waals surface area (Å²) in [5, 5.41) is 2.47. The molecular formula is C21H19N. The minimum absolute atomic E-state index is 0.588. The van der Waals surface area contributed by atoms with E-state index in [2.05, 4.69) is 67.6 Å². The maximum atomic E-state index is 5.93. The number of anilines is 1. The minimum Gasteiger partial charge on any atom is -0.399 e. The summed E-state index contributed by atoms with van der Waals surface area (Å²) in [6, 6.07) is 21.4. The van der Waals surface area contributed by atoms with Crippen molar-refractivity contribution in [2.75, 3.05) is 5.73 Å².